The molecule has 0 aromatic carbocycles. The second-order valence-electron chi connectivity index (χ2n) is 7.16. The van der Waals surface area contributed by atoms with E-state index in [0.29, 0.717) is 17.7 Å². The Morgan fingerprint density at radius 3 is 2.52 bits per heavy atom. The van der Waals surface area contributed by atoms with Crippen LogP contribution in [0.15, 0.2) is 41.0 Å². The summed E-state index contributed by atoms with van der Waals surface area (Å²) in [7, 11) is 0. The van der Waals surface area contributed by atoms with Crippen molar-refractivity contribution in [3.05, 3.63) is 57.5 Å². The zero-order chi connectivity index (χ0) is 20.0. The fourth-order valence-corrected chi connectivity index (χ4v) is 3.61. The highest BCUT2D eigenvalue weighted by atomic mass is 16.4. The molecule has 2 rings (SSSR count). The zero-order valence-corrected chi connectivity index (χ0v) is 16.2. The molecule has 146 valence electrons. The van der Waals surface area contributed by atoms with Gasteiger partial charge in [0.1, 0.15) is 5.56 Å². The van der Waals surface area contributed by atoms with E-state index in [9.17, 15) is 19.5 Å². The van der Waals surface area contributed by atoms with Gasteiger partial charge in [-0.05, 0) is 33.1 Å². The van der Waals surface area contributed by atoms with Crippen LogP contribution in [0.3, 0.4) is 0 Å². The van der Waals surface area contributed by atoms with Crippen LogP contribution in [-0.4, -0.2) is 27.1 Å². The van der Waals surface area contributed by atoms with Crippen LogP contribution < -0.4 is 10.7 Å². The molecular weight excluding hydrogens is 344 g/mol. The van der Waals surface area contributed by atoms with Crippen LogP contribution in [-0.2, 0) is 11.3 Å². The Balaban J connectivity index is 2.30. The van der Waals surface area contributed by atoms with Gasteiger partial charge in [0, 0.05) is 30.1 Å². The van der Waals surface area contributed by atoms with Crippen LogP contribution in [0.2, 0.25) is 0 Å². The Hall–Kier alpha value is -2.63. The highest BCUT2D eigenvalue weighted by molar-refractivity contribution is 5.96. The molecule has 1 aromatic heterocycles. The van der Waals surface area contributed by atoms with Gasteiger partial charge in [0.05, 0.1) is 5.54 Å². The summed E-state index contributed by atoms with van der Waals surface area (Å²) in [6, 6.07) is 0. The number of carbonyl (C=O) groups is 2. The number of rotatable bonds is 7. The molecule has 1 aliphatic carbocycles. The number of aromatic carboxylic acids is 1. The van der Waals surface area contributed by atoms with E-state index < -0.39 is 16.9 Å². The van der Waals surface area contributed by atoms with Gasteiger partial charge in [-0.3, -0.25) is 9.59 Å². The topological polar surface area (TPSA) is 88.4 Å². The number of aryl methyl sites for hydroxylation is 1. The molecule has 1 heterocycles. The average molecular weight is 372 g/mol. The Labute approximate surface area is 159 Å². The van der Waals surface area contributed by atoms with Gasteiger partial charge in [0.15, 0.2) is 5.43 Å². The molecule has 1 aromatic rings. The van der Waals surface area contributed by atoms with Gasteiger partial charge in [-0.1, -0.05) is 38.0 Å². The monoisotopic (exact) mass is 372 g/mol. The SMILES string of the molecule is C/C=C(\C=C/CC)C(=O)NC1(Cn2cc(C)c(=O)c(C(=O)O)c2)CCCC1. The molecule has 0 atom stereocenters. The van der Waals surface area contributed by atoms with E-state index in [1.807, 2.05) is 26.0 Å². The molecule has 1 saturated carbocycles. The number of pyridine rings is 1. The second-order valence-corrected chi connectivity index (χ2v) is 7.16. The van der Waals surface area contributed by atoms with Crippen molar-refractivity contribution in [2.24, 2.45) is 0 Å². The summed E-state index contributed by atoms with van der Waals surface area (Å²) in [5.41, 5.74) is -0.152. The first-order valence-electron chi connectivity index (χ1n) is 9.41. The lowest BCUT2D eigenvalue weighted by molar-refractivity contribution is -0.119. The number of aromatic nitrogens is 1. The molecule has 1 amide bonds. The van der Waals surface area contributed by atoms with Gasteiger partial charge in [0.25, 0.3) is 5.91 Å². The minimum absolute atomic E-state index is 0.125. The summed E-state index contributed by atoms with van der Waals surface area (Å²) < 4.78 is 1.73. The maximum Gasteiger partial charge on any atom is 0.341 e. The summed E-state index contributed by atoms with van der Waals surface area (Å²) in [4.78, 5) is 36.1. The molecule has 1 fully saturated rings. The van der Waals surface area contributed by atoms with Crippen molar-refractivity contribution in [1.29, 1.82) is 0 Å². The summed E-state index contributed by atoms with van der Waals surface area (Å²) in [5.74, 6) is -1.36. The molecule has 6 heteroatoms. The van der Waals surface area contributed by atoms with E-state index in [2.05, 4.69) is 5.32 Å². The first-order chi connectivity index (χ1) is 12.8. The van der Waals surface area contributed by atoms with Crippen LogP contribution in [0.25, 0.3) is 0 Å². The summed E-state index contributed by atoms with van der Waals surface area (Å²) in [5, 5.41) is 12.5. The fraction of sp³-hybridized carbons (Fsp3) is 0.476. The summed E-state index contributed by atoms with van der Waals surface area (Å²) in [6.45, 7) is 5.90. The Morgan fingerprint density at radius 2 is 1.96 bits per heavy atom. The lowest BCUT2D eigenvalue weighted by Gasteiger charge is -2.32. The fourth-order valence-electron chi connectivity index (χ4n) is 3.61. The number of carbonyl (C=O) groups excluding carboxylic acids is 1. The third-order valence-electron chi connectivity index (χ3n) is 5.02. The van der Waals surface area contributed by atoms with Crippen molar-refractivity contribution in [1.82, 2.24) is 9.88 Å². The molecule has 27 heavy (non-hydrogen) atoms. The van der Waals surface area contributed by atoms with Gasteiger partial charge >= 0.3 is 5.97 Å². The molecule has 0 spiro atoms. The maximum atomic E-state index is 12.7. The minimum atomic E-state index is -1.23. The van der Waals surface area contributed by atoms with E-state index in [-0.39, 0.29) is 11.5 Å². The quantitative estimate of drug-likeness (QED) is 0.568. The number of carboxylic acid groups (broad SMARTS) is 1. The van der Waals surface area contributed by atoms with E-state index in [1.54, 1.807) is 23.8 Å². The van der Waals surface area contributed by atoms with E-state index >= 15 is 0 Å². The number of allylic oxidation sites excluding steroid dienone is 2. The molecule has 2 N–H and O–H groups in total. The lowest BCUT2D eigenvalue weighted by Crippen LogP contribution is -2.50. The number of nitrogens with one attached hydrogen (secondary N) is 1. The highest BCUT2D eigenvalue weighted by Crippen LogP contribution is 2.31. The van der Waals surface area contributed by atoms with Crippen LogP contribution in [0.4, 0.5) is 0 Å². The van der Waals surface area contributed by atoms with Crippen molar-refractivity contribution in [2.45, 2.75) is 65.0 Å². The Kier molecular flexibility index (Phi) is 6.77. The standard InChI is InChI=1S/C21H28N2O4/c1-4-6-9-16(5-2)19(25)22-21(10-7-8-11-21)14-23-12-15(3)18(24)17(13-23)20(26)27/h5-6,9,12-13H,4,7-8,10-11,14H2,1-3H3,(H,22,25)(H,26,27)/b9-6-,16-5+. The van der Waals surface area contributed by atoms with E-state index in [0.717, 1.165) is 32.1 Å². The molecule has 0 radical (unpaired) electrons. The first kappa shape index (κ1) is 20.7. The van der Waals surface area contributed by atoms with Gasteiger partial charge in [-0.15, -0.1) is 0 Å². The van der Waals surface area contributed by atoms with Crippen molar-refractivity contribution in [3.63, 3.8) is 0 Å². The van der Waals surface area contributed by atoms with Crippen molar-refractivity contribution >= 4 is 11.9 Å². The van der Waals surface area contributed by atoms with Gasteiger partial charge in [-0.25, -0.2) is 4.79 Å². The predicted molar refractivity (Wildman–Crippen MR) is 105 cm³/mol. The molecule has 6 nitrogen and oxygen atoms in total. The Bertz CT molecular complexity index is 827. The zero-order valence-electron chi connectivity index (χ0n) is 16.2. The number of amides is 1. The minimum Gasteiger partial charge on any atom is -0.477 e. The van der Waals surface area contributed by atoms with Crippen molar-refractivity contribution in [2.75, 3.05) is 0 Å². The summed E-state index contributed by atoms with van der Waals surface area (Å²) in [6.07, 6.45) is 13.1. The molecule has 0 bridgehead atoms. The average Bonchev–Trinajstić information content (AvgIpc) is 3.06. The third kappa shape index (κ3) is 4.96. The lowest BCUT2D eigenvalue weighted by atomic mass is 9.96. The number of hydrogen-bond donors (Lipinski definition) is 2. The van der Waals surface area contributed by atoms with E-state index in [1.165, 1.54) is 6.20 Å². The van der Waals surface area contributed by atoms with E-state index in [4.69, 9.17) is 0 Å². The highest BCUT2D eigenvalue weighted by Gasteiger charge is 2.36. The number of carboxylic acids is 1. The molecule has 0 unspecified atom stereocenters. The van der Waals surface area contributed by atoms with Crippen molar-refractivity contribution < 1.29 is 14.7 Å². The molecule has 0 saturated heterocycles. The largest absolute Gasteiger partial charge is 0.477 e. The second kappa shape index (κ2) is 8.84. The third-order valence-corrected chi connectivity index (χ3v) is 5.02. The maximum absolute atomic E-state index is 12.7. The predicted octanol–water partition coefficient (Wildman–Crippen LogP) is 3.20. The first-order valence-corrected chi connectivity index (χ1v) is 9.41. The smallest absolute Gasteiger partial charge is 0.341 e. The van der Waals surface area contributed by atoms with Gasteiger partial charge < -0.3 is 15.0 Å². The van der Waals surface area contributed by atoms with Gasteiger partial charge in [-0.2, -0.15) is 0 Å². The summed E-state index contributed by atoms with van der Waals surface area (Å²) >= 11 is 0. The Morgan fingerprint density at radius 1 is 1.30 bits per heavy atom. The van der Waals surface area contributed by atoms with Crippen LogP contribution in [0.1, 0.15) is 61.9 Å². The number of nitrogens with zero attached hydrogens (tertiary/aromatic N) is 1. The molecular formula is C21H28N2O4. The number of hydrogen-bond acceptors (Lipinski definition) is 3. The molecule has 1 aliphatic rings. The van der Waals surface area contributed by atoms with Crippen LogP contribution in [0, 0.1) is 6.92 Å². The van der Waals surface area contributed by atoms with Crippen LogP contribution >= 0.6 is 0 Å². The normalized spacial score (nSPS) is 16.6. The molecule has 0 aliphatic heterocycles. The van der Waals surface area contributed by atoms with Gasteiger partial charge in [0.2, 0.25) is 0 Å². The van der Waals surface area contributed by atoms with Crippen molar-refractivity contribution in [3.8, 4) is 0 Å². The van der Waals surface area contributed by atoms with Crippen LogP contribution in [0.5, 0.6) is 0 Å².